The molecular weight excluding hydrogens is 270 g/mol. The van der Waals surface area contributed by atoms with Crippen LogP contribution in [-0.2, 0) is 4.79 Å². The topological polar surface area (TPSA) is 79.5 Å². The highest BCUT2D eigenvalue weighted by Crippen LogP contribution is 2.25. The molecule has 0 saturated heterocycles. The number of carboxylic acid groups (broad SMARTS) is 1. The van der Waals surface area contributed by atoms with Crippen molar-refractivity contribution >= 4 is 11.9 Å². The Hall–Kier alpha value is -2.56. The molecule has 2 N–H and O–H groups in total. The van der Waals surface area contributed by atoms with Gasteiger partial charge in [0, 0.05) is 11.1 Å². The molecule has 0 aliphatic rings. The van der Waals surface area contributed by atoms with Crippen LogP contribution in [0.1, 0.15) is 30.8 Å². The van der Waals surface area contributed by atoms with Crippen molar-refractivity contribution in [3.8, 4) is 11.1 Å². The minimum atomic E-state index is -0.969. The average Bonchev–Trinajstić information content (AvgIpc) is 2.86. The van der Waals surface area contributed by atoms with Crippen LogP contribution in [-0.4, -0.2) is 22.5 Å². The maximum absolute atomic E-state index is 12.3. The average molecular weight is 287 g/mol. The maximum atomic E-state index is 12.3. The summed E-state index contributed by atoms with van der Waals surface area (Å²) in [4.78, 5) is 23.1. The summed E-state index contributed by atoms with van der Waals surface area (Å²) < 4.78 is 5.27. The summed E-state index contributed by atoms with van der Waals surface area (Å²) in [6.45, 7) is 3.31. The smallest absolute Gasteiger partial charge is 0.305 e. The Morgan fingerprint density at radius 2 is 1.86 bits per heavy atom. The number of carboxylic acids is 1. The maximum Gasteiger partial charge on any atom is 0.305 e. The Bertz CT molecular complexity index is 643. The van der Waals surface area contributed by atoms with E-state index in [2.05, 4.69) is 5.32 Å². The van der Waals surface area contributed by atoms with Gasteiger partial charge in [0.2, 0.25) is 0 Å². The van der Waals surface area contributed by atoms with Crippen LogP contribution in [0.15, 0.2) is 47.1 Å². The summed E-state index contributed by atoms with van der Waals surface area (Å²) in [6, 6.07) is 11.1. The van der Waals surface area contributed by atoms with E-state index < -0.39 is 17.4 Å². The van der Waals surface area contributed by atoms with E-state index in [1.54, 1.807) is 19.9 Å². The molecule has 0 radical (unpaired) electrons. The quantitative estimate of drug-likeness (QED) is 0.886. The standard InChI is InChI=1S/C16H17NO4/c1-16(2,10-13(18)19)17-15(20)14-12(8-9-21-14)11-6-4-3-5-7-11/h3-9H,10H2,1-2H3,(H,17,20)(H,18,19). The van der Waals surface area contributed by atoms with Crippen LogP contribution in [0.5, 0.6) is 0 Å². The first-order valence-corrected chi connectivity index (χ1v) is 6.56. The highest BCUT2D eigenvalue weighted by Gasteiger charge is 2.27. The molecule has 2 rings (SSSR count). The fraction of sp³-hybridized carbons (Fsp3) is 0.250. The number of furan rings is 1. The number of benzene rings is 1. The summed E-state index contributed by atoms with van der Waals surface area (Å²) >= 11 is 0. The first kappa shape index (κ1) is 14.8. The van der Waals surface area contributed by atoms with Gasteiger partial charge in [0.05, 0.1) is 12.7 Å². The predicted octanol–water partition coefficient (Wildman–Crippen LogP) is 2.93. The van der Waals surface area contributed by atoms with Gasteiger partial charge in [0.25, 0.3) is 5.91 Å². The number of hydrogen-bond donors (Lipinski definition) is 2. The van der Waals surface area contributed by atoms with Crippen molar-refractivity contribution in [1.29, 1.82) is 0 Å². The lowest BCUT2D eigenvalue weighted by Crippen LogP contribution is -2.44. The lowest BCUT2D eigenvalue weighted by molar-refractivity contribution is -0.138. The highest BCUT2D eigenvalue weighted by atomic mass is 16.4. The molecule has 0 unspecified atom stereocenters. The van der Waals surface area contributed by atoms with Crippen LogP contribution in [0, 0.1) is 0 Å². The van der Waals surface area contributed by atoms with Crippen LogP contribution in [0.4, 0.5) is 0 Å². The Balaban J connectivity index is 2.22. The second-order valence-electron chi connectivity index (χ2n) is 5.44. The molecule has 110 valence electrons. The zero-order chi connectivity index (χ0) is 15.5. The fourth-order valence-corrected chi connectivity index (χ4v) is 2.12. The molecule has 2 aromatic rings. The molecule has 1 amide bonds. The SMILES string of the molecule is CC(C)(CC(=O)O)NC(=O)c1occc1-c1ccccc1. The highest BCUT2D eigenvalue weighted by molar-refractivity contribution is 5.98. The Morgan fingerprint density at radius 1 is 1.19 bits per heavy atom. The first-order valence-electron chi connectivity index (χ1n) is 6.56. The fourth-order valence-electron chi connectivity index (χ4n) is 2.12. The van der Waals surface area contributed by atoms with Gasteiger partial charge in [-0.15, -0.1) is 0 Å². The number of rotatable bonds is 5. The number of nitrogens with one attached hydrogen (secondary N) is 1. The van der Waals surface area contributed by atoms with Gasteiger partial charge >= 0.3 is 5.97 Å². The van der Waals surface area contributed by atoms with Gasteiger partial charge in [-0.2, -0.15) is 0 Å². The monoisotopic (exact) mass is 287 g/mol. The van der Waals surface area contributed by atoms with E-state index in [1.165, 1.54) is 6.26 Å². The number of aliphatic carboxylic acids is 1. The van der Waals surface area contributed by atoms with Gasteiger partial charge < -0.3 is 14.8 Å². The molecule has 0 saturated carbocycles. The van der Waals surface area contributed by atoms with Gasteiger partial charge in [0.1, 0.15) is 0 Å². The van der Waals surface area contributed by atoms with Crippen LogP contribution in [0.25, 0.3) is 11.1 Å². The summed E-state index contributed by atoms with van der Waals surface area (Å²) in [7, 11) is 0. The van der Waals surface area contributed by atoms with Gasteiger partial charge in [-0.1, -0.05) is 30.3 Å². The third-order valence-corrected chi connectivity index (χ3v) is 3.00. The summed E-state index contributed by atoms with van der Waals surface area (Å²) in [5, 5.41) is 11.5. The van der Waals surface area contributed by atoms with Crippen LogP contribution in [0.3, 0.4) is 0 Å². The van der Waals surface area contributed by atoms with Gasteiger partial charge in [-0.05, 0) is 25.5 Å². The van der Waals surface area contributed by atoms with Crippen molar-refractivity contribution in [1.82, 2.24) is 5.32 Å². The largest absolute Gasteiger partial charge is 0.481 e. The molecular formula is C16H17NO4. The molecule has 5 nitrogen and oxygen atoms in total. The van der Waals surface area contributed by atoms with E-state index in [9.17, 15) is 9.59 Å². The van der Waals surface area contributed by atoms with Gasteiger partial charge in [0.15, 0.2) is 5.76 Å². The molecule has 0 atom stereocenters. The minimum absolute atomic E-state index is 0.167. The number of amides is 1. The Labute approximate surface area is 122 Å². The van der Waals surface area contributed by atoms with E-state index in [1.807, 2.05) is 30.3 Å². The normalized spacial score (nSPS) is 11.1. The van der Waals surface area contributed by atoms with Crippen molar-refractivity contribution < 1.29 is 19.1 Å². The second kappa shape index (κ2) is 5.83. The van der Waals surface area contributed by atoms with Crippen molar-refractivity contribution in [3.63, 3.8) is 0 Å². The molecule has 0 aliphatic carbocycles. The lowest BCUT2D eigenvalue weighted by atomic mass is 10.00. The van der Waals surface area contributed by atoms with Crippen LogP contribution < -0.4 is 5.32 Å². The van der Waals surface area contributed by atoms with E-state index in [0.29, 0.717) is 5.56 Å². The molecule has 0 spiro atoms. The third-order valence-electron chi connectivity index (χ3n) is 3.00. The Kier molecular flexibility index (Phi) is 4.12. The zero-order valence-electron chi connectivity index (χ0n) is 11.9. The number of hydrogen-bond acceptors (Lipinski definition) is 3. The molecule has 5 heteroatoms. The van der Waals surface area contributed by atoms with E-state index in [4.69, 9.17) is 9.52 Å². The predicted molar refractivity (Wildman–Crippen MR) is 77.9 cm³/mol. The Morgan fingerprint density at radius 3 is 2.48 bits per heavy atom. The molecule has 0 bridgehead atoms. The molecule has 21 heavy (non-hydrogen) atoms. The van der Waals surface area contributed by atoms with Gasteiger partial charge in [-0.25, -0.2) is 0 Å². The number of carbonyl (C=O) groups is 2. The van der Waals surface area contributed by atoms with E-state index in [-0.39, 0.29) is 12.2 Å². The number of carbonyl (C=O) groups excluding carboxylic acids is 1. The summed E-state index contributed by atoms with van der Waals surface area (Å²) in [6.07, 6.45) is 1.28. The van der Waals surface area contributed by atoms with Crippen molar-refractivity contribution in [2.45, 2.75) is 25.8 Å². The second-order valence-corrected chi connectivity index (χ2v) is 5.44. The third kappa shape index (κ3) is 3.72. The van der Waals surface area contributed by atoms with E-state index >= 15 is 0 Å². The van der Waals surface area contributed by atoms with Crippen molar-refractivity contribution in [2.75, 3.05) is 0 Å². The zero-order valence-corrected chi connectivity index (χ0v) is 11.9. The minimum Gasteiger partial charge on any atom is -0.481 e. The molecule has 1 aromatic heterocycles. The van der Waals surface area contributed by atoms with Crippen LogP contribution >= 0.6 is 0 Å². The summed E-state index contributed by atoms with van der Waals surface area (Å²) in [5.74, 6) is -1.22. The van der Waals surface area contributed by atoms with Crippen LogP contribution in [0.2, 0.25) is 0 Å². The van der Waals surface area contributed by atoms with Crippen molar-refractivity contribution in [2.24, 2.45) is 0 Å². The summed E-state index contributed by atoms with van der Waals surface area (Å²) in [5.41, 5.74) is 0.690. The molecule has 1 aromatic carbocycles. The van der Waals surface area contributed by atoms with Crippen molar-refractivity contribution in [3.05, 3.63) is 48.4 Å². The molecule has 0 aliphatic heterocycles. The molecule has 0 fully saturated rings. The molecule has 1 heterocycles. The van der Waals surface area contributed by atoms with Gasteiger partial charge in [-0.3, -0.25) is 9.59 Å². The lowest BCUT2D eigenvalue weighted by Gasteiger charge is -2.23. The first-order chi connectivity index (χ1) is 9.89. The van der Waals surface area contributed by atoms with E-state index in [0.717, 1.165) is 5.56 Å².